The first kappa shape index (κ1) is 17.4. The van der Waals surface area contributed by atoms with Gasteiger partial charge in [-0.1, -0.05) is 0 Å². The molecule has 1 aliphatic rings. The zero-order valence-electron chi connectivity index (χ0n) is 14.8. The van der Waals surface area contributed by atoms with Crippen LogP contribution in [0.5, 0.6) is 0 Å². The Bertz CT molecular complexity index is 1140. The molecule has 0 saturated carbocycles. The van der Waals surface area contributed by atoms with Crippen LogP contribution in [0.4, 0.5) is 20.3 Å². The lowest BCUT2D eigenvalue weighted by Crippen LogP contribution is -2.42. The summed E-state index contributed by atoms with van der Waals surface area (Å²) in [7, 11) is 0. The Kier molecular flexibility index (Phi) is 4.17. The molecule has 7 nitrogen and oxygen atoms in total. The summed E-state index contributed by atoms with van der Waals surface area (Å²) in [5.74, 6) is -1.99. The van der Waals surface area contributed by atoms with Crippen molar-refractivity contribution in [3.63, 3.8) is 0 Å². The van der Waals surface area contributed by atoms with Gasteiger partial charge >= 0.3 is 0 Å². The second kappa shape index (κ2) is 6.71. The molecule has 0 amide bonds. The molecule has 1 saturated heterocycles. The van der Waals surface area contributed by atoms with Crippen molar-refractivity contribution in [2.75, 3.05) is 18.4 Å². The standard InChI is InChI=1S/C18H17F2N7S/c19-18(20)4-2-6-27(10-18)9-13-15-14(28-26-13)7-11(8-22-15)23-17-16-12(24-25-17)3-1-5-21-16/h1,3,5,7-8H,2,4,6,9-10H2,(H2,23,24,25). The van der Waals surface area contributed by atoms with Gasteiger partial charge in [-0.3, -0.25) is 20.0 Å². The van der Waals surface area contributed by atoms with Crippen LogP contribution in [0.1, 0.15) is 18.5 Å². The number of piperidine rings is 1. The highest BCUT2D eigenvalue weighted by Crippen LogP contribution is 2.30. The number of rotatable bonds is 4. The van der Waals surface area contributed by atoms with E-state index in [9.17, 15) is 8.78 Å². The molecule has 4 aromatic heterocycles. The Morgan fingerprint density at radius 3 is 3.11 bits per heavy atom. The monoisotopic (exact) mass is 401 g/mol. The third-order valence-corrected chi connectivity index (χ3v) is 5.63. The molecule has 0 bridgehead atoms. The number of nitrogens with one attached hydrogen (secondary N) is 2. The third-order valence-electron chi connectivity index (χ3n) is 4.81. The number of anilines is 2. The first-order valence-electron chi connectivity index (χ1n) is 8.98. The molecular formula is C18H17F2N7S. The van der Waals surface area contributed by atoms with Gasteiger partial charge in [-0.25, -0.2) is 8.78 Å². The number of alkyl halides is 2. The summed E-state index contributed by atoms with van der Waals surface area (Å²) in [6.45, 7) is 0.835. The maximum absolute atomic E-state index is 13.6. The predicted molar refractivity (Wildman–Crippen MR) is 104 cm³/mol. The topological polar surface area (TPSA) is 82.6 Å². The highest BCUT2D eigenvalue weighted by Gasteiger charge is 2.35. The van der Waals surface area contributed by atoms with Gasteiger partial charge < -0.3 is 5.32 Å². The molecule has 28 heavy (non-hydrogen) atoms. The minimum atomic E-state index is -2.62. The maximum atomic E-state index is 13.6. The van der Waals surface area contributed by atoms with Crippen LogP contribution in [0.15, 0.2) is 30.6 Å². The summed E-state index contributed by atoms with van der Waals surface area (Å²) in [6, 6.07) is 5.69. The van der Waals surface area contributed by atoms with E-state index in [0.29, 0.717) is 25.3 Å². The normalized spacial score (nSPS) is 17.4. The average molecular weight is 401 g/mol. The van der Waals surface area contributed by atoms with Crippen LogP contribution in [-0.2, 0) is 6.54 Å². The van der Waals surface area contributed by atoms with Gasteiger partial charge in [0.2, 0.25) is 0 Å². The highest BCUT2D eigenvalue weighted by molar-refractivity contribution is 7.13. The van der Waals surface area contributed by atoms with Gasteiger partial charge in [0, 0.05) is 19.2 Å². The number of hydrogen-bond donors (Lipinski definition) is 2. The molecule has 1 fully saturated rings. The summed E-state index contributed by atoms with van der Waals surface area (Å²) in [5, 5.41) is 10.4. The van der Waals surface area contributed by atoms with E-state index < -0.39 is 5.92 Å². The molecule has 5 rings (SSSR count). The second-order valence-corrected chi connectivity index (χ2v) is 7.77. The number of likely N-dealkylation sites (tertiary alicyclic amines) is 1. The first-order chi connectivity index (χ1) is 13.6. The molecule has 144 valence electrons. The Morgan fingerprint density at radius 2 is 2.21 bits per heavy atom. The third kappa shape index (κ3) is 3.29. The Morgan fingerprint density at radius 1 is 1.29 bits per heavy atom. The number of aromatic nitrogens is 5. The minimum absolute atomic E-state index is 0.0364. The fraction of sp³-hybridized carbons (Fsp3) is 0.333. The van der Waals surface area contributed by atoms with Crippen LogP contribution in [0.2, 0.25) is 0 Å². The lowest BCUT2D eigenvalue weighted by atomic mass is 10.1. The van der Waals surface area contributed by atoms with Crippen molar-refractivity contribution in [3.8, 4) is 0 Å². The van der Waals surface area contributed by atoms with Gasteiger partial charge in [0.1, 0.15) is 11.0 Å². The number of H-pyrrole nitrogens is 1. The van der Waals surface area contributed by atoms with Crippen LogP contribution in [-0.4, -0.2) is 48.5 Å². The van der Waals surface area contributed by atoms with E-state index in [1.807, 2.05) is 18.2 Å². The first-order valence-corrected chi connectivity index (χ1v) is 9.75. The van der Waals surface area contributed by atoms with E-state index in [0.717, 1.165) is 32.6 Å². The molecule has 0 aliphatic carbocycles. The molecule has 0 atom stereocenters. The number of aromatic amines is 1. The van der Waals surface area contributed by atoms with Crippen LogP contribution in [0.3, 0.4) is 0 Å². The summed E-state index contributed by atoms with van der Waals surface area (Å²) >= 11 is 1.32. The summed E-state index contributed by atoms with van der Waals surface area (Å²) in [6.07, 6.45) is 3.88. The van der Waals surface area contributed by atoms with E-state index in [1.54, 1.807) is 17.3 Å². The average Bonchev–Trinajstić information content (AvgIpc) is 3.26. The van der Waals surface area contributed by atoms with E-state index in [2.05, 4.69) is 29.9 Å². The SMILES string of the molecule is FC1(F)CCCN(Cc2nsc3cc(Nc4n[nH]c5cccnc45)cnc23)C1. The van der Waals surface area contributed by atoms with Crippen LogP contribution < -0.4 is 5.32 Å². The van der Waals surface area contributed by atoms with Crippen molar-refractivity contribution in [2.24, 2.45) is 0 Å². The number of nitrogens with zero attached hydrogens (tertiary/aromatic N) is 5. The van der Waals surface area contributed by atoms with Crippen LogP contribution in [0.25, 0.3) is 21.3 Å². The smallest absolute Gasteiger partial charge is 0.260 e. The summed E-state index contributed by atoms with van der Waals surface area (Å²) in [5.41, 5.74) is 3.87. The Balaban J connectivity index is 1.37. The number of halogens is 2. The Labute approximate surface area is 163 Å². The van der Waals surface area contributed by atoms with Crippen molar-refractivity contribution in [1.29, 1.82) is 0 Å². The van der Waals surface area contributed by atoms with Gasteiger partial charge in [-0.05, 0) is 42.7 Å². The van der Waals surface area contributed by atoms with Gasteiger partial charge in [0.25, 0.3) is 5.92 Å². The molecule has 5 heterocycles. The van der Waals surface area contributed by atoms with E-state index in [1.165, 1.54) is 11.5 Å². The van der Waals surface area contributed by atoms with Gasteiger partial charge in [-0.15, -0.1) is 0 Å². The number of pyridine rings is 2. The zero-order valence-corrected chi connectivity index (χ0v) is 15.6. The highest BCUT2D eigenvalue weighted by atomic mass is 32.1. The summed E-state index contributed by atoms with van der Waals surface area (Å²) < 4.78 is 32.6. The molecule has 0 aromatic carbocycles. The van der Waals surface area contributed by atoms with Crippen molar-refractivity contribution in [2.45, 2.75) is 25.3 Å². The zero-order chi connectivity index (χ0) is 19.1. The van der Waals surface area contributed by atoms with Gasteiger partial charge in [-0.2, -0.15) is 9.47 Å². The second-order valence-electron chi connectivity index (χ2n) is 6.97. The maximum Gasteiger partial charge on any atom is 0.260 e. The van der Waals surface area contributed by atoms with Crippen LogP contribution >= 0.6 is 11.5 Å². The molecular weight excluding hydrogens is 384 g/mol. The van der Waals surface area contributed by atoms with Crippen molar-refractivity contribution < 1.29 is 8.78 Å². The lowest BCUT2D eigenvalue weighted by molar-refractivity contribution is -0.0662. The lowest BCUT2D eigenvalue weighted by Gasteiger charge is -2.31. The fourth-order valence-corrected chi connectivity index (χ4v) is 4.31. The molecule has 1 aliphatic heterocycles. The van der Waals surface area contributed by atoms with Gasteiger partial charge in [0.05, 0.1) is 34.3 Å². The Hall–Kier alpha value is -2.72. The van der Waals surface area contributed by atoms with Crippen LogP contribution in [0, 0.1) is 0 Å². The fourth-order valence-electron chi connectivity index (χ4n) is 3.52. The minimum Gasteiger partial charge on any atom is -0.336 e. The largest absolute Gasteiger partial charge is 0.336 e. The molecule has 4 aromatic rings. The molecule has 0 radical (unpaired) electrons. The van der Waals surface area contributed by atoms with E-state index in [-0.39, 0.29) is 13.0 Å². The van der Waals surface area contributed by atoms with Crippen molar-refractivity contribution in [1.82, 2.24) is 29.4 Å². The van der Waals surface area contributed by atoms with Gasteiger partial charge in [0.15, 0.2) is 5.82 Å². The van der Waals surface area contributed by atoms with Crippen molar-refractivity contribution >= 4 is 44.3 Å². The molecule has 10 heteroatoms. The quantitative estimate of drug-likeness (QED) is 0.539. The molecule has 0 unspecified atom stereocenters. The number of fused-ring (bicyclic) bond motifs is 2. The molecule has 2 N–H and O–H groups in total. The predicted octanol–water partition coefficient (Wildman–Crippen LogP) is 3.94. The van der Waals surface area contributed by atoms with E-state index in [4.69, 9.17) is 0 Å². The summed E-state index contributed by atoms with van der Waals surface area (Å²) in [4.78, 5) is 10.6. The van der Waals surface area contributed by atoms with E-state index >= 15 is 0 Å². The molecule has 0 spiro atoms. The van der Waals surface area contributed by atoms with Crippen molar-refractivity contribution in [3.05, 3.63) is 36.3 Å². The number of hydrogen-bond acceptors (Lipinski definition) is 7.